The Hall–Kier alpha value is -1.95. The van der Waals surface area contributed by atoms with Gasteiger partial charge in [-0.25, -0.2) is 8.78 Å². The molecule has 1 aromatic heterocycles. The molecule has 0 bridgehead atoms. The average molecular weight is 253 g/mol. The van der Waals surface area contributed by atoms with Crippen LogP contribution in [0, 0.1) is 11.6 Å². The summed E-state index contributed by atoms with van der Waals surface area (Å²) in [5, 5.41) is 15.4. The molecule has 6 heteroatoms. The van der Waals surface area contributed by atoms with Crippen molar-refractivity contribution in [2.75, 3.05) is 11.9 Å². The Morgan fingerprint density at radius 3 is 2.67 bits per heavy atom. The zero-order valence-electron chi connectivity index (χ0n) is 9.61. The first-order chi connectivity index (χ1) is 8.70. The van der Waals surface area contributed by atoms with E-state index in [1.807, 2.05) is 0 Å². The van der Waals surface area contributed by atoms with Gasteiger partial charge >= 0.3 is 0 Å². The van der Waals surface area contributed by atoms with Gasteiger partial charge in [-0.1, -0.05) is 6.07 Å². The third-order valence-corrected chi connectivity index (χ3v) is 2.45. The maximum Gasteiger partial charge on any atom is 0.149 e. The number of rotatable bonds is 5. The number of halogens is 2. The van der Waals surface area contributed by atoms with Gasteiger partial charge in [0, 0.05) is 18.3 Å². The highest BCUT2D eigenvalue weighted by atomic mass is 19.1. The van der Waals surface area contributed by atoms with Gasteiger partial charge < -0.3 is 10.4 Å². The van der Waals surface area contributed by atoms with Gasteiger partial charge in [0.2, 0.25) is 0 Å². The fourth-order valence-electron chi connectivity index (χ4n) is 1.58. The molecule has 0 unspecified atom stereocenters. The summed E-state index contributed by atoms with van der Waals surface area (Å²) in [5.74, 6) is -1.25. The number of nitrogens with one attached hydrogen (secondary N) is 1. The summed E-state index contributed by atoms with van der Waals surface area (Å²) in [5.41, 5.74) is 0.638. The van der Waals surface area contributed by atoms with Gasteiger partial charge in [0.05, 0.1) is 19.3 Å². The highest BCUT2D eigenvalue weighted by Crippen LogP contribution is 2.18. The monoisotopic (exact) mass is 253 g/mol. The summed E-state index contributed by atoms with van der Waals surface area (Å²) < 4.78 is 28.2. The summed E-state index contributed by atoms with van der Waals surface area (Å²) in [6.45, 7) is 0.661. The predicted octanol–water partition coefficient (Wildman–Crippen LogP) is 1.77. The van der Waals surface area contributed by atoms with E-state index in [0.717, 1.165) is 5.56 Å². The molecule has 1 aromatic carbocycles. The summed E-state index contributed by atoms with van der Waals surface area (Å²) >= 11 is 0. The second-order valence-electron chi connectivity index (χ2n) is 3.79. The van der Waals surface area contributed by atoms with Crippen molar-refractivity contribution in [2.45, 2.75) is 13.1 Å². The minimum absolute atomic E-state index is 0.00348. The first-order valence-electron chi connectivity index (χ1n) is 5.51. The largest absolute Gasteiger partial charge is 0.394 e. The highest BCUT2D eigenvalue weighted by molar-refractivity contribution is 5.46. The molecule has 0 amide bonds. The quantitative estimate of drug-likeness (QED) is 0.853. The number of aliphatic hydroxyl groups is 1. The number of hydrogen-bond donors (Lipinski definition) is 2. The van der Waals surface area contributed by atoms with Crippen LogP contribution in [-0.2, 0) is 13.1 Å². The van der Waals surface area contributed by atoms with E-state index in [2.05, 4.69) is 10.4 Å². The summed E-state index contributed by atoms with van der Waals surface area (Å²) in [6.07, 6.45) is 3.30. The van der Waals surface area contributed by atoms with Crippen LogP contribution in [0.5, 0.6) is 0 Å². The van der Waals surface area contributed by atoms with Crippen molar-refractivity contribution in [3.05, 3.63) is 47.8 Å². The normalized spacial score (nSPS) is 10.6. The summed E-state index contributed by atoms with van der Waals surface area (Å²) in [6, 6.07) is 3.70. The van der Waals surface area contributed by atoms with Crippen molar-refractivity contribution in [3.8, 4) is 0 Å². The van der Waals surface area contributed by atoms with E-state index in [0.29, 0.717) is 6.54 Å². The van der Waals surface area contributed by atoms with Crippen molar-refractivity contribution in [2.24, 2.45) is 0 Å². The molecule has 0 spiro atoms. The standard InChI is InChI=1S/C12H13F2N3O/c13-10-2-1-3-11(14)12(10)15-6-9-7-16-17(8-9)4-5-18/h1-3,7-8,15,18H,4-6H2. The molecular weight excluding hydrogens is 240 g/mol. The van der Waals surface area contributed by atoms with Crippen molar-refractivity contribution < 1.29 is 13.9 Å². The van der Waals surface area contributed by atoms with Gasteiger partial charge in [0.25, 0.3) is 0 Å². The van der Waals surface area contributed by atoms with E-state index in [1.165, 1.54) is 18.2 Å². The second kappa shape index (κ2) is 5.59. The Morgan fingerprint density at radius 2 is 2.00 bits per heavy atom. The van der Waals surface area contributed by atoms with Gasteiger partial charge in [-0.05, 0) is 12.1 Å². The molecule has 2 rings (SSSR count). The van der Waals surface area contributed by atoms with Gasteiger partial charge in [-0.15, -0.1) is 0 Å². The lowest BCUT2D eigenvalue weighted by Crippen LogP contribution is -2.04. The SMILES string of the molecule is OCCn1cc(CNc2c(F)cccc2F)cn1. The van der Waals surface area contributed by atoms with Crippen molar-refractivity contribution in [1.82, 2.24) is 9.78 Å². The number of aliphatic hydroxyl groups excluding tert-OH is 1. The predicted molar refractivity (Wildman–Crippen MR) is 63.0 cm³/mol. The molecule has 18 heavy (non-hydrogen) atoms. The molecule has 2 N–H and O–H groups in total. The Morgan fingerprint density at radius 1 is 1.28 bits per heavy atom. The van der Waals surface area contributed by atoms with E-state index in [9.17, 15) is 8.78 Å². The van der Waals surface area contributed by atoms with Gasteiger partial charge in [0.15, 0.2) is 0 Å². The molecule has 0 radical (unpaired) electrons. The minimum atomic E-state index is -0.627. The zero-order chi connectivity index (χ0) is 13.0. The molecule has 0 saturated heterocycles. The number of benzene rings is 1. The van der Waals surface area contributed by atoms with Crippen LogP contribution in [0.25, 0.3) is 0 Å². The summed E-state index contributed by atoms with van der Waals surface area (Å²) in [7, 11) is 0. The first kappa shape index (κ1) is 12.5. The van der Waals surface area contributed by atoms with Crippen LogP contribution in [0.15, 0.2) is 30.6 Å². The Bertz CT molecular complexity index is 508. The molecular formula is C12H13F2N3O. The first-order valence-corrected chi connectivity index (χ1v) is 5.51. The molecule has 2 aromatic rings. The Kier molecular flexibility index (Phi) is 3.88. The van der Waals surface area contributed by atoms with Crippen molar-refractivity contribution in [3.63, 3.8) is 0 Å². The van der Waals surface area contributed by atoms with Crippen LogP contribution in [0.4, 0.5) is 14.5 Å². The molecule has 1 heterocycles. The maximum atomic E-state index is 13.3. The second-order valence-corrected chi connectivity index (χ2v) is 3.79. The van der Waals surface area contributed by atoms with E-state index in [4.69, 9.17) is 5.11 Å². The van der Waals surface area contributed by atoms with Crippen LogP contribution in [0.1, 0.15) is 5.56 Å². The van der Waals surface area contributed by atoms with E-state index in [-0.39, 0.29) is 18.8 Å². The van der Waals surface area contributed by atoms with Crippen LogP contribution in [0.3, 0.4) is 0 Å². The topological polar surface area (TPSA) is 50.1 Å². The fourth-order valence-corrected chi connectivity index (χ4v) is 1.58. The maximum absolute atomic E-state index is 13.3. The van der Waals surface area contributed by atoms with Gasteiger partial charge in [-0.3, -0.25) is 4.68 Å². The van der Waals surface area contributed by atoms with Crippen molar-refractivity contribution in [1.29, 1.82) is 0 Å². The smallest absolute Gasteiger partial charge is 0.149 e. The fraction of sp³-hybridized carbons (Fsp3) is 0.250. The third kappa shape index (κ3) is 2.84. The van der Waals surface area contributed by atoms with E-state index >= 15 is 0 Å². The highest BCUT2D eigenvalue weighted by Gasteiger charge is 2.07. The van der Waals surface area contributed by atoms with E-state index < -0.39 is 11.6 Å². The molecule has 4 nitrogen and oxygen atoms in total. The Balaban J connectivity index is 2.02. The van der Waals surface area contributed by atoms with Gasteiger partial charge in [-0.2, -0.15) is 5.10 Å². The lowest BCUT2D eigenvalue weighted by Gasteiger charge is -2.06. The van der Waals surface area contributed by atoms with Crippen LogP contribution in [0.2, 0.25) is 0 Å². The molecule has 96 valence electrons. The van der Waals surface area contributed by atoms with E-state index in [1.54, 1.807) is 17.1 Å². The molecule has 0 aliphatic rings. The molecule has 0 aliphatic heterocycles. The lowest BCUT2D eigenvalue weighted by atomic mass is 10.2. The molecule has 0 atom stereocenters. The molecule has 0 saturated carbocycles. The molecule has 0 aliphatic carbocycles. The minimum Gasteiger partial charge on any atom is -0.394 e. The van der Waals surface area contributed by atoms with Crippen LogP contribution < -0.4 is 5.32 Å². The van der Waals surface area contributed by atoms with Crippen molar-refractivity contribution >= 4 is 5.69 Å². The Labute approximate surface area is 103 Å². The van der Waals surface area contributed by atoms with Crippen LogP contribution >= 0.6 is 0 Å². The number of hydrogen-bond acceptors (Lipinski definition) is 3. The molecule has 0 fully saturated rings. The number of nitrogens with zero attached hydrogens (tertiary/aromatic N) is 2. The number of aromatic nitrogens is 2. The zero-order valence-corrected chi connectivity index (χ0v) is 9.61. The third-order valence-electron chi connectivity index (χ3n) is 2.45. The van der Waals surface area contributed by atoms with Gasteiger partial charge in [0.1, 0.15) is 17.3 Å². The van der Waals surface area contributed by atoms with Crippen LogP contribution in [-0.4, -0.2) is 21.5 Å². The summed E-state index contributed by atoms with van der Waals surface area (Å²) in [4.78, 5) is 0. The number of para-hydroxylation sites is 1. The average Bonchev–Trinajstić information content (AvgIpc) is 2.77. The lowest BCUT2D eigenvalue weighted by molar-refractivity contribution is 0.269. The number of anilines is 1.